The smallest absolute Gasteiger partial charge is 0.408 e. The van der Waals surface area contributed by atoms with E-state index in [2.05, 4.69) is 20.2 Å². The molecule has 1 aliphatic carbocycles. The lowest BCUT2D eigenvalue weighted by molar-refractivity contribution is 0.139. The van der Waals surface area contributed by atoms with Gasteiger partial charge in [0.25, 0.3) is 0 Å². The van der Waals surface area contributed by atoms with Crippen LogP contribution in [0.25, 0.3) is 5.69 Å². The largest absolute Gasteiger partial charge is 0.465 e. The number of hydrogen-bond acceptors (Lipinski definition) is 5. The Morgan fingerprint density at radius 1 is 1.00 bits per heavy atom. The second-order valence-corrected chi connectivity index (χ2v) is 9.22. The average Bonchev–Trinajstić information content (AvgIpc) is 3.08. The molecule has 0 saturated heterocycles. The summed E-state index contributed by atoms with van der Waals surface area (Å²) in [6, 6.07) is 7.61. The number of fused-ring (bicyclic) bond motifs is 3. The van der Waals surface area contributed by atoms with E-state index in [-0.39, 0.29) is 19.0 Å². The zero-order valence-corrected chi connectivity index (χ0v) is 18.9. The number of carbonyl (C=O) groups is 1. The third-order valence-electron chi connectivity index (χ3n) is 6.46. The summed E-state index contributed by atoms with van der Waals surface area (Å²) in [5.74, 6) is 3.08. The van der Waals surface area contributed by atoms with Crippen LogP contribution in [-0.2, 0) is 13.1 Å². The van der Waals surface area contributed by atoms with Crippen molar-refractivity contribution in [2.45, 2.75) is 64.5 Å². The quantitative estimate of drug-likeness (QED) is 0.601. The van der Waals surface area contributed by atoms with E-state index in [1.807, 2.05) is 42.7 Å². The van der Waals surface area contributed by atoms with Gasteiger partial charge in [-0.1, -0.05) is 11.6 Å². The van der Waals surface area contributed by atoms with Gasteiger partial charge in [-0.3, -0.25) is 9.47 Å². The molecule has 9 heteroatoms. The molecule has 166 valence electrons. The third kappa shape index (κ3) is 3.83. The van der Waals surface area contributed by atoms with Crippen molar-refractivity contribution in [2.24, 2.45) is 0 Å². The summed E-state index contributed by atoms with van der Waals surface area (Å²) in [7, 11) is 0. The van der Waals surface area contributed by atoms with Crippen LogP contribution in [0.5, 0.6) is 0 Å². The molecule has 1 amide bonds. The summed E-state index contributed by atoms with van der Waals surface area (Å²) in [6.07, 6.45) is 2.92. The van der Waals surface area contributed by atoms with Gasteiger partial charge in [-0.25, -0.2) is 14.8 Å². The highest BCUT2D eigenvalue weighted by molar-refractivity contribution is 6.30. The molecule has 5 rings (SSSR count). The van der Waals surface area contributed by atoms with Crippen LogP contribution in [0.15, 0.2) is 24.3 Å². The second-order valence-electron chi connectivity index (χ2n) is 8.78. The van der Waals surface area contributed by atoms with Crippen LogP contribution in [0.3, 0.4) is 0 Å². The van der Waals surface area contributed by atoms with E-state index >= 15 is 0 Å². The molecule has 0 atom stereocenters. The molecule has 1 fully saturated rings. The van der Waals surface area contributed by atoms with Gasteiger partial charge in [0.2, 0.25) is 0 Å². The lowest BCUT2D eigenvalue weighted by atomic mass is 9.81. The molecule has 0 unspecified atom stereocenters. The van der Waals surface area contributed by atoms with Gasteiger partial charge in [0.1, 0.15) is 11.6 Å². The molecule has 2 aliphatic rings. The zero-order chi connectivity index (χ0) is 22.4. The highest BCUT2D eigenvalue weighted by atomic mass is 35.5. The van der Waals surface area contributed by atoms with Gasteiger partial charge in [0, 0.05) is 28.2 Å². The Balaban J connectivity index is 1.45. The van der Waals surface area contributed by atoms with E-state index in [0.717, 1.165) is 60.0 Å². The fraction of sp³-hybridized carbons (Fsp3) is 0.435. The zero-order valence-electron chi connectivity index (χ0n) is 18.1. The predicted molar refractivity (Wildman–Crippen MR) is 119 cm³/mol. The molecule has 1 aromatic carbocycles. The van der Waals surface area contributed by atoms with Gasteiger partial charge in [0.15, 0.2) is 5.82 Å². The van der Waals surface area contributed by atoms with Crippen LogP contribution < -0.4 is 0 Å². The second kappa shape index (κ2) is 8.16. The van der Waals surface area contributed by atoms with Crippen LogP contribution >= 0.6 is 11.6 Å². The van der Waals surface area contributed by atoms with E-state index in [1.165, 1.54) is 4.90 Å². The van der Waals surface area contributed by atoms with Crippen molar-refractivity contribution < 1.29 is 9.90 Å². The fourth-order valence-corrected chi connectivity index (χ4v) is 5.17. The Morgan fingerprint density at radius 2 is 1.69 bits per heavy atom. The summed E-state index contributed by atoms with van der Waals surface area (Å²) in [4.78, 5) is 22.5. The number of rotatable bonds is 2. The van der Waals surface area contributed by atoms with Crippen molar-refractivity contribution in [3.8, 4) is 5.69 Å². The van der Waals surface area contributed by atoms with E-state index < -0.39 is 6.09 Å². The molecule has 1 N–H and O–H groups in total. The molecule has 3 heterocycles. The summed E-state index contributed by atoms with van der Waals surface area (Å²) in [5.41, 5.74) is 3.79. The first-order valence-corrected chi connectivity index (χ1v) is 11.3. The summed E-state index contributed by atoms with van der Waals surface area (Å²) >= 11 is 6.22. The molecule has 0 spiro atoms. The summed E-state index contributed by atoms with van der Waals surface area (Å²) in [6.45, 7) is 4.49. The Morgan fingerprint density at radius 3 is 2.38 bits per heavy atom. The minimum absolute atomic E-state index is 0.195. The van der Waals surface area contributed by atoms with Gasteiger partial charge in [-0.15, -0.1) is 10.2 Å². The number of carboxylic acid groups (broad SMARTS) is 1. The third-order valence-corrected chi connectivity index (χ3v) is 6.69. The van der Waals surface area contributed by atoms with E-state index in [0.29, 0.717) is 16.8 Å². The maximum absolute atomic E-state index is 11.8. The van der Waals surface area contributed by atoms with Gasteiger partial charge < -0.3 is 5.11 Å². The minimum Gasteiger partial charge on any atom is -0.465 e. The first-order valence-electron chi connectivity index (χ1n) is 10.9. The predicted octanol–water partition coefficient (Wildman–Crippen LogP) is 4.76. The maximum atomic E-state index is 11.8. The highest BCUT2D eigenvalue weighted by Gasteiger charge is 2.32. The fourth-order valence-electron chi connectivity index (χ4n) is 4.97. The SMILES string of the molecule is Cc1cc(C)nc([C@H]2CC[C@H](c3nnc4n3-c3ccc(Cl)cc3CN(C(=O)O)C4)CC2)n1. The highest BCUT2D eigenvalue weighted by Crippen LogP contribution is 2.40. The van der Waals surface area contributed by atoms with Crippen LogP contribution in [0.4, 0.5) is 4.79 Å². The van der Waals surface area contributed by atoms with Crippen molar-refractivity contribution in [2.75, 3.05) is 0 Å². The lowest BCUT2D eigenvalue weighted by Crippen LogP contribution is -2.27. The molecule has 3 aromatic rings. The van der Waals surface area contributed by atoms with Crippen molar-refractivity contribution >= 4 is 17.7 Å². The van der Waals surface area contributed by atoms with Gasteiger partial charge >= 0.3 is 6.09 Å². The molecule has 1 saturated carbocycles. The number of halogens is 1. The van der Waals surface area contributed by atoms with Gasteiger partial charge in [-0.05, 0) is 69.4 Å². The molecule has 8 nitrogen and oxygen atoms in total. The number of hydrogen-bond donors (Lipinski definition) is 1. The van der Waals surface area contributed by atoms with E-state index in [4.69, 9.17) is 11.6 Å². The topological polar surface area (TPSA) is 97.0 Å². The first-order chi connectivity index (χ1) is 15.4. The molecule has 1 aliphatic heterocycles. The van der Waals surface area contributed by atoms with E-state index in [1.54, 1.807) is 0 Å². The Bertz CT molecular complexity index is 1160. The number of amides is 1. The molecular formula is C23H25ClN6O2. The van der Waals surface area contributed by atoms with Crippen molar-refractivity contribution in [3.05, 3.63) is 63.7 Å². The van der Waals surface area contributed by atoms with Crippen LogP contribution in [0.2, 0.25) is 5.02 Å². The lowest BCUT2D eigenvalue weighted by Gasteiger charge is -2.28. The van der Waals surface area contributed by atoms with Crippen molar-refractivity contribution in [1.29, 1.82) is 0 Å². The van der Waals surface area contributed by atoms with Gasteiger partial charge in [0.05, 0.1) is 18.8 Å². The molecular weight excluding hydrogens is 428 g/mol. The van der Waals surface area contributed by atoms with Crippen molar-refractivity contribution in [1.82, 2.24) is 29.6 Å². The summed E-state index contributed by atoms with van der Waals surface area (Å²) < 4.78 is 2.05. The monoisotopic (exact) mass is 452 g/mol. The summed E-state index contributed by atoms with van der Waals surface area (Å²) in [5, 5.41) is 19.2. The molecule has 32 heavy (non-hydrogen) atoms. The van der Waals surface area contributed by atoms with E-state index in [9.17, 15) is 9.90 Å². The first kappa shape index (κ1) is 20.9. The number of nitrogens with zero attached hydrogens (tertiary/aromatic N) is 6. The Kier molecular flexibility index (Phi) is 5.33. The van der Waals surface area contributed by atoms with Crippen molar-refractivity contribution in [3.63, 3.8) is 0 Å². The number of benzene rings is 1. The standard InChI is InChI=1S/C23H25ClN6O2/c1-13-9-14(2)26-21(25-13)15-3-5-16(6-4-15)22-28-27-20-12-29(23(31)32)11-17-10-18(24)7-8-19(17)30(20)22/h7-10,15-16H,3-6,11-12H2,1-2H3,(H,31,32)/t15-,16-. The molecule has 0 radical (unpaired) electrons. The number of aromatic nitrogens is 5. The normalized spacial score (nSPS) is 20.4. The Labute approximate surface area is 191 Å². The van der Waals surface area contributed by atoms with Crippen LogP contribution in [-0.4, -0.2) is 40.8 Å². The van der Waals surface area contributed by atoms with Crippen LogP contribution in [0, 0.1) is 13.8 Å². The Hall–Kier alpha value is -3.00. The average molecular weight is 453 g/mol. The van der Waals surface area contributed by atoms with Crippen LogP contribution in [0.1, 0.15) is 71.9 Å². The van der Waals surface area contributed by atoms with Gasteiger partial charge in [-0.2, -0.15) is 0 Å². The molecule has 2 aromatic heterocycles. The maximum Gasteiger partial charge on any atom is 0.408 e. The number of aryl methyl sites for hydroxylation is 2. The minimum atomic E-state index is -0.983. The molecule has 0 bridgehead atoms.